The molecule has 6 heteroatoms. The quantitative estimate of drug-likeness (QED) is 0.784. The van der Waals surface area contributed by atoms with Crippen molar-refractivity contribution in [2.24, 2.45) is 0 Å². The van der Waals surface area contributed by atoms with Gasteiger partial charge in [-0.1, -0.05) is 22.0 Å². The molecule has 0 aromatic heterocycles. The molecular weight excluding hydrogens is 369 g/mol. The monoisotopic (exact) mass is 383 g/mol. The molecule has 0 radical (unpaired) electrons. The Morgan fingerprint density at radius 1 is 1.32 bits per heavy atom. The van der Waals surface area contributed by atoms with E-state index in [2.05, 4.69) is 21.2 Å². The van der Waals surface area contributed by atoms with Crippen LogP contribution in [0, 0.1) is 5.82 Å². The van der Waals surface area contributed by atoms with E-state index < -0.39 is 0 Å². The highest BCUT2D eigenvalue weighted by molar-refractivity contribution is 9.10. The van der Waals surface area contributed by atoms with Gasteiger partial charge in [0.05, 0.1) is 12.7 Å². The number of methoxy groups -OCH3 is 1. The highest BCUT2D eigenvalue weighted by Gasteiger charge is 2.13. The minimum absolute atomic E-state index is 0.116. The van der Waals surface area contributed by atoms with Crippen LogP contribution >= 0.6 is 27.7 Å². The number of carbonyl (C=O) groups is 1. The third kappa shape index (κ3) is 4.01. The van der Waals surface area contributed by atoms with Gasteiger partial charge in [0.1, 0.15) is 11.6 Å². The Kier molecular flexibility index (Phi) is 5.85. The molecule has 0 saturated carbocycles. The molecule has 0 unspecified atom stereocenters. The number of halogens is 2. The van der Waals surface area contributed by atoms with Crippen molar-refractivity contribution < 1.29 is 13.9 Å². The number of ether oxygens (including phenoxy) is 1. The van der Waals surface area contributed by atoms with Crippen molar-refractivity contribution in [3.63, 3.8) is 0 Å². The van der Waals surface area contributed by atoms with Crippen LogP contribution in [0.25, 0.3) is 0 Å². The van der Waals surface area contributed by atoms with Gasteiger partial charge in [-0.2, -0.15) is 0 Å². The number of hydrogen-bond donors (Lipinski definition) is 1. The topological polar surface area (TPSA) is 38.3 Å². The van der Waals surface area contributed by atoms with Crippen molar-refractivity contribution >= 4 is 33.6 Å². The molecule has 0 atom stereocenters. The third-order valence-corrected chi connectivity index (χ3v) is 4.33. The molecule has 1 N–H and O–H groups in total. The van der Waals surface area contributed by atoms with Gasteiger partial charge >= 0.3 is 0 Å². The highest BCUT2D eigenvalue weighted by atomic mass is 79.9. The third-order valence-electron chi connectivity index (χ3n) is 3.11. The lowest BCUT2D eigenvalue weighted by atomic mass is 10.1. The maximum atomic E-state index is 13.7. The summed E-state index contributed by atoms with van der Waals surface area (Å²) in [5.41, 5.74) is 0.856. The van der Waals surface area contributed by atoms with E-state index in [0.717, 1.165) is 4.90 Å². The van der Waals surface area contributed by atoms with Gasteiger partial charge in [-0.3, -0.25) is 4.79 Å². The number of carbonyl (C=O) groups excluding carboxylic acids is 1. The molecule has 116 valence electrons. The molecule has 22 heavy (non-hydrogen) atoms. The zero-order valence-corrected chi connectivity index (χ0v) is 14.6. The van der Waals surface area contributed by atoms with Gasteiger partial charge in [0, 0.05) is 21.5 Å². The van der Waals surface area contributed by atoms with E-state index in [1.807, 2.05) is 12.3 Å². The van der Waals surface area contributed by atoms with Crippen LogP contribution in [0.5, 0.6) is 5.75 Å². The first kappa shape index (κ1) is 16.8. The Bertz CT molecular complexity index is 694. The van der Waals surface area contributed by atoms with Crippen LogP contribution in [-0.4, -0.2) is 19.3 Å². The molecule has 2 aromatic carbocycles. The summed E-state index contributed by atoms with van der Waals surface area (Å²) in [5.74, 6) is -0.160. The minimum atomic E-state index is -0.362. The average molecular weight is 384 g/mol. The van der Waals surface area contributed by atoms with Crippen molar-refractivity contribution in [1.82, 2.24) is 5.32 Å². The Morgan fingerprint density at radius 2 is 2.09 bits per heavy atom. The molecule has 0 heterocycles. The van der Waals surface area contributed by atoms with Gasteiger partial charge in [0.15, 0.2) is 0 Å². The van der Waals surface area contributed by atoms with E-state index >= 15 is 0 Å². The first-order valence-electron chi connectivity index (χ1n) is 6.49. The summed E-state index contributed by atoms with van der Waals surface area (Å²) in [4.78, 5) is 13.3. The zero-order chi connectivity index (χ0) is 16.1. The van der Waals surface area contributed by atoms with Crippen LogP contribution in [-0.2, 0) is 6.54 Å². The van der Waals surface area contributed by atoms with E-state index in [1.54, 1.807) is 36.0 Å². The predicted octanol–water partition coefficient (Wildman–Crippen LogP) is 4.25. The molecule has 3 nitrogen and oxygen atoms in total. The molecule has 0 bridgehead atoms. The Balaban J connectivity index is 2.12. The lowest BCUT2D eigenvalue weighted by Gasteiger charge is -2.11. The Morgan fingerprint density at radius 3 is 2.73 bits per heavy atom. The van der Waals surface area contributed by atoms with Crippen LogP contribution in [0.15, 0.2) is 45.8 Å². The number of benzene rings is 2. The Hall–Kier alpha value is -1.53. The van der Waals surface area contributed by atoms with Crippen LogP contribution in [0.4, 0.5) is 4.39 Å². The Labute approximate surface area is 141 Å². The summed E-state index contributed by atoms with van der Waals surface area (Å²) in [6, 6.07) is 10.1. The molecular formula is C16H15BrFNO2S. The van der Waals surface area contributed by atoms with Crippen molar-refractivity contribution in [1.29, 1.82) is 0 Å². The number of nitrogens with one attached hydrogen (secondary N) is 1. The molecule has 2 rings (SSSR count). The van der Waals surface area contributed by atoms with Crippen LogP contribution in [0.1, 0.15) is 15.9 Å². The molecule has 0 aliphatic heterocycles. The number of hydrogen-bond acceptors (Lipinski definition) is 3. The summed E-state index contributed by atoms with van der Waals surface area (Å²) in [6.07, 6.45) is 1.95. The standard InChI is InChI=1S/C16H15BrFNO2S/c1-21-15-8-12(22-2)5-6-13(15)16(20)19-9-10-3-4-11(17)7-14(10)18/h3-8H,9H2,1-2H3,(H,19,20). The largest absolute Gasteiger partial charge is 0.496 e. The van der Waals surface area contributed by atoms with Crippen LogP contribution in [0.3, 0.4) is 0 Å². The fourth-order valence-corrected chi connectivity index (χ4v) is 2.68. The lowest BCUT2D eigenvalue weighted by Crippen LogP contribution is -2.23. The van der Waals surface area contributed by atoms with E-state index in [4.69, 9.17) is 4.74 Å². The van der Waals surface area contributed by atoms with Gasteiger partial charge in [-0.05, 0) is 36.6 Å². The van der Waals surface area contributed by atoms with Crippen LogP contribution < -0.4 is 10.1 Å². The van der Waals surface area contributed by atoms with Gasteiger partial charge in [0.2, 0.25) is 0 Å². The fraction of sp³-hybridized carbons (Fsp3) is 0.188. The minimum Gasteiger partial charge on any atom is -0.496 e. The van der Waals surface area contributed by atoms with Crippen molar-refractivity contribution in [3.05, 3.63) is 57.8 Å². The van der Waals surface area contributed by atoms with Gasteiger partial charge in [-0.25, -0.2) is 4.39 Å². The molecule has 0 fully saturated rings. The van der Waals surface area contributed by atoms with Crippen LogP contribution in [0.2, 0.25) is 0 Å². The second kappa shape index (κ2) is 7.65. The van der Waals surface area contributed by atoms with Crippen molar-refractivity contribution in [3.8, 4) is 5.75 Å². The lowest BCUT2D eigenvalue weighted by molar-refractivity contribution is 0.0947. The summed E-state index contributed by atoms with van der Waals surface area (Å²) < 4.78 is 19.6. The smallest absolute Gasteiger partial charge is 0.255 e. The summed E-state index contributed by atoms with van der Waals surface area (Å²) in [6.45, 7) is 0.116. The second-order valence-corrected chi connectivity index (χ2v) is 6.28. The van der Waals surface area contributed by atoms with Crippen molar-refractivity contribution in [2.45, 2.75) is 11.4 Å². The summed E-state index contributed by atoms with van der Waals surface area (Å²) >= 11 is 4.77. The molecule has 0 aliphatic rings. The predicted molar refractivity (Wildman–Crippen MR) is 90.0 cm³/mol. The molecule has 0 saturated heterocycles. The van der Waals surface area contributed by atoms with E-state index in [0.29, 0.717) is 21.3 Å². The maximum absolute atomic E-state index is 13.7. The molecule has 0 aliphatic carbocycles. The van der Waals surface area contributed by atoms with Gasteiger partial charge < -0.3 is 10.1 Å². The molecule has 0 spiro atoms. The van der Waals surface area contributed by atoms with Gasteiger partial charge in [-0.15, -0.1) is 11.8 Å². The van der Waals surface area contributed by atoms with E-state index in [-0.39, 0.29) is 18.3 Å². The number of thioether (sulfide) groups is 1. The van der Waals surface area contributed by atoms with E-state index in [9.17, 15) is 9.18 Å². The van der Waals surface area contributed by atoms with Gasteiger partial charge in [0.25, 0.3) is 5.91 Å². The summed E-state index contributed by atoms with van der Waals surface area (Å²) in [5, 5.41) is 2.71. The maximum Gasteiger partial charge on any atom is 0.255 e. The highest BCUT2D eigenvalue weighted by Crippen LogP contribution is 2.25. The average Bonchev–Trinajstić information content (AvgIpc) is 2.53. The fourth-order valence-electron chi connectivity index (χ4n) is 1.92. The first-order valence-corrected chi connectivity index (χ1v) is 8.51. The normalized spacial score (nSPS) is 10.4. The zero-order valence-electron chi connectivity index (χ0n) is 12.2. The molecule has 1 amide bonds. The SMILES string of the molecule is COc1cc(SC)ccc1C(=O)NCc1ccc(Br)cc1F. The van der Waals surface area contributed by atoms with E-state index in [1.165, 1.54) is 13.2 Å². The summed E-state index contributed by atoms with van der Waals surface area (Å²) in [7, 11) is 1.52. The molecule has 2 aromatic rings. The van der Waals surface area contributed by atoms with Crippen molar-refractivity contribution in [2.75, 3.05) is 13.4 Å². The second-order valence-electron chi connectivity index (χ2n) is 4.48. The first-order chi connectivity index (χ1) is 10.5. The number of rotatable bonds is 5. The number of amides is 1.